The summed E-state index contributed by atoms with van der Waals surface area (Å²) in [6, 6.07) is 8.60. The van der Waals surface area contributed by atoms with Crippen molar-refractivity contribution in [3.8, 4) is 0 Å². The van der Waals surface area contributed by atoms with Crippen molar-refractivity contribution in [2.45, 2.75) is 38.6 Å². The van der Waals surface area contributed by atoms with Gasteiger partial charge in [0, 0.05) is 29.4 Å². The normalized spacial score (nSPS) is 19.2. The Morgan fingerprint density at radius 1 is 1.32 bits per heavy atom. The summed E-state index contributed by atoms with van der Waals surface area (Å²) in [6.45, 7) is 3.99. The second-order valence-electron chi connectivity index (χ2n) is 5.35. The minimum absolute atomic E-state index is 0.00934. The van der Waals surface area contributed by atoms with Gasteiger partial charge in [0.05, 0.1) is 0 Å². The molecule has 1 aromatic carbocycles. The lowest BCUT2D eigenvalue weighted by molar-refractivity contribution is 0.705. The zero-order chi connectivity index (χ0) is 13.4. The van der Waals surface area contributed by atoms with E-state index in [0.29, 0.717) is 5.92 Å². The van der Waals surface area contributed by atoms with E-state index in [9.17, 15) is 0 Å². The minimum atomic E-state index is -0.00934. The maximum Gasteiger partial charge on any atom is 0.136 e. The molecule has 2 N–H and O–H groups in total. The first kappa shape index (κ1) is 12.3. The highest BCUT2D eigenvalue weighted by molar-refractivity contribution is 5.39. The maximum absolute atomic E-state index is 5.91. The van der Waals surface area contributed by atoms with Gasteiger partial charge in [-0.25, -0.2) is 9.97 Å². The highest BCUT2D eigenvalue weighted by Gasteiger charge is 2.26. The molecule has 1 aliphatic rings. The second kappa shape index (κ2) is 4.74. The largest absolute Gasteiger partial charge is 0.324 e. The van der Waals surface area contributed by atoms with E-state index in [1.807, 2.05) is 20.0 Å². The molecule has 98 valence electrons. The van der Waals surface area contributed by atoms with Crippen molar-refractivity contribution in [1.82, 2.24) is 9.97 Å². The number of fused-ring (bicyclic) bond motifs is 1. The minimum Gasteiger partial charge on any atom is -0.324 e. The number of rotatable bonds is 2. The summed E-state index contributed by atoms with van der Waals surface area (Å²) in [5.74, 6) is 1.28. The third-order valence-electron chi connectivity index (χ3n) is 3.97. The van der Waals surface area contributed by atoms with Gasteiger partial charge in [0.25, 0.3) is 0 Å². The smallest absolute Gasteiger partial charge is 0.136 e. The Labute approximate surface area is 113 Å². The van der Waals surface area contributed by atoms with Gasteiger partial charge in [-0.05, 0) is 37.8 Å². The summed E-state index contributed by atoms with van der Waals surface area (Å²) in [6.07, 6.45) is 4.12. The van der Waals surface area contributed by atoms with Crippen LogP contribution in [0.2, 0.25) is 0 Å². The van der Waals surface area contributed by atoms with Gasteiger partial charge in [-0.15, -0.1) is 0 Å². The molecule has 2 atom stereocenters. The van der Waals surface area contributed by atoms with Crippen molar-refractivity contribution in [3.05, 3.63) is 58.7 Å². The maximum atomic E-state index is 5.91. The van der Waals surface area contributed by atoms with Crippen LogP contribution in [-0.4, -0.2) is 9.97 Å². The first-order valence-electron chi connectivity index (χ1n) is 6.83. The molecule has 3 heteroatoms. The van der Waals surface area contributed by atoms with Crippen LogP contribution in [0.4, 0.5) is 0 Å². The second-order valence-corrected chi connectivity index (χ2v) is 5.35. The van der Waals surface area contributed by atoms with E-state index in [-0.39, 0.29) is 6.04 Å². The van der Waals surface area contributed by atoms with Crippen LogP contribution in [0.1, 0.15) is 53.5 Å². The quantitative estimate of drug-likeness (QED) is 0.895. The first-order valence-corrected chi connectivity index (χ1v) is 6.83. The van der Waals surface area contributed by atoms with Gasteiger partial charge in [0.2, 0.25) is 0 Å². The third-order valence-corrected chi connectivity index (χ3v) is 3.97. The molecular weight excluding hydrogens is 234 g/mol. The molecule has 0 fully saturated rings. The van der Waals surface area contributed by atoms with E-state index in [2.05, 4.69) is 34.2 Å². The molecule has 0 radical (unpaired) electrons. The number of benzene rings is 1. The lowest BCUT2D eigenvalue weighted by atomic mass is 10.00. The molecule has 2 unspecified atom stereocenters. The summed E-state index contributed by atoms with van der Waals surface area (Å²) in [5.41, 5.74) is 10.8. The van der Waals surface area contributed by atoms with Crippen molar-refractivity contribution in [1.29, 1.82) is 0 Å². The van der Waals surface area contributed by atoms with Gasteiger partial charge in [-0.3, -0.25) is 0 Å². The Bertz CT molecular complexity index is 605. The molecule has 0 spiro atoms. The van der Waals surface area contributed by atoms with Crippen molar-refractivity contribution in [3.63, 3.8) is 0 Å². The number of aromatic nitrogens is 2. The Hall–Kier alpha value is -1.74. The molecule has 0 aliphatic heterocycles. The van der Waals surface area contributed by atoms with E-state index in [0.717, 1.165) is 29.9 Å². The monoisotopic (exact) mass is 253 g/mol. The van der Waals surface area contributed by atoms with Gasteiger partial charge in [0.1, 0.15) is 5.82 Å². The van der Waals surface area contributed by atoms with Crippen molar-refractivity contribution in [2.75, 3.05) is 0 Å². The average molecular weight is 253 g/mol. The van der Waals surface area contributed by atoms with E-state index in [4.69, 9.17) is 5.73 Å². The van der Waals surface area contributed by atoms with Crippen LogP contribution >= 0.6 is 0 Å². The Morgan fingerprint density at radius 3 is 2.84 bits per heavy atom. The fourth-order valence-electron chi connectivity index (χ4n) is 2.93. The summed E-state index contributed by atoms with van der Waals surface area (Å²) in [7, 11) is 0. The lowest BCUT2D eigenvalue weighted by Gasteiger charge is -2.14. The molecule has 1 aromatic heterocycles. The number of nitrogens with two attached hydrogens (primary N) is 1. The molecule has 0 amide bonds. The molecule has 0 saturated heterocycles. The van der Waals surface area contributed by atoms with Crippen LogP contribution in [0, 0.1) is 6.92 Å². The highest BCUT2D eigenvalue weighted by atomic mass is 14.9. The number of aryl methyl sites for hydroxylation is 2. The predicted molar refractivity (Wildman–Crippen MR) is 76.0 cm³/mol. The van der Waals surface area contributed by atoms with Gasteiger partial charge in [0.15, 0.2) is 0 Å². The summed E-state index contributed by atoms with van der Waals surface area (Å²) in [5, 5.41) is 0. The van der Waals surface area contributed by atoms with Crippen LogP contribution in [0.15, 0.2) is 30.5 Å². The molecule has 19 heavy (non-hydrogen) atoms. The first-order chi connectivity index (χ1) is 9.16. The van der Waals surface area contributed by atoms with Crippen LogP contribution in [0.3, 0.4) is 0 Å². The average Bonchev–Trinajstić information content (AvgIpc) is 2.82. The van der Waals surface area contributed by atoms with E-state index < -0.39 is 0 Å². The lowest BCUT2D eigenvalue weighted by Crippen LogP contribution is -2.12. The van der Waals surface area contributed by atoms with Crippen LogP contribution in [0.5, 0.6) is 0 Å². The Morgan fingerprint density at radius 2 is 2.11 bits per heavy atom. The van der Waals surface area contributed by atoms with Gasteiger partial charge >= 0.3 is 0 Å². The van der Waals surface area contributed by atoms with Crippen molar-refractivity contribution >= 4 is 0 Å². The Balaban J connectivity index is 1.99. The molecule has 3 nitrogen and oxygen atoms in total. The standard InChI is InChI=1S/C16H19N3/c1-10(17)15-9-18-16(19-11(15)2)14-8-7-12-5-3-4-6-13(12)14/h3-6,9-10,14H,7-8,17H2,1-2H3. The zero-order valence-electron chi connectivity index (χ0n) is 11.4. The van der Waals surface area contributed by atoms with Crippen LogP contribution < -0.4 is 5.73 Å². The molecule has 2 aromatic rings. The highest BCUT2D eigenvalue weighted by Crippen LogP contribution is 2.36. The number of hydrogen-bond donors (Lipinski definition) is 1. The zero-order valence-corrected chi connectivity index (χ0v) is 11.4. The van der Waals surface area contributed by atoms with E-state index in [1.54, 1.807) is 0 Å². The third kappa shape index (κ3) is 2.15. The van der Waals surface area contributed by atoms with E-state index >= 15 is 0 Å². The fraction of sp³-hybridized carbons (Fsp3) is 0.375. The fourth-order valence-corrected chi connectivity index (χ4v) is 2.93. The van der Waals surface area contributed by atoms with Crippen LogP contribution in [-0.2, 0) is 6.42 Å². The molecule has 0 saturated carbocycles. The van der Waals surface area contributed by atoms with Gasteiger partial charge in [-0.1, -0.05) is 24.3 Å². The molecule has 1 heterocycles. The van der Waals surface area contributed by atoms with Crippen molar-refractivity contribution in [2.24, 2.45) is 5.73 Å². The summed E-state index contributed by atoms with van der Waals surface area (Å²) in [4.78, 5) is 9.23. The topological polar surface area (TPSA) is 51.8 Å². The molecule has 1 aliphatic carbocycles. The summed E-state index contributed by atoms with van der Waals surface area (Å²) < 4.78 is 0. The molecule has 0 bridgehead atoms. The van der Waals surface area contributed by atoms with Crippen molar-refractivity contribution < 1.29 is 0 Å². The van der Waals surface area contributed by atoms with Gasteiger partial charge < -0.3 is 5.73 Å². The molecule has 3 rings (SSSR count). The van der Waals surface area contributed by atoms with E-state index in [1.165, 1.54) is 11.1 Å². The SMILES string of the molecule is Cc1nc(C2CCc3ccccc32)ncc1C(C)N. The summed E-state index contributed by atoms with van der Waals surface area (Å²) >= 11 is 0. The number of hydrogen-bond acceptors (Lipinski definition) is 3. The molecular formula is C16H19N3. The predicted octanol–water partition coefficient (Wildman–Crippen LogP) is 2.88. The van der Waals surface area contributed by atoms with Crippen LogP contribution in [0.25, 0.3) is 0 Å². The van der Waals surface area contributed by atoms with Gasteiger partial charge in [-0.2, -0.15) is 0 Å². The Kier molecular flexibility index (Phi) is 3.07. The number of nitrogens with zero attached hydrogens (tertiary/aromatic N) is 2.